The summed E-state index contributed by atoms with van der Waals surface area (Å²) in [4.78, 5) is 0. The standard InChI is InChI=1S/C6H12O/c7-5-1-2-6-3-4-6/h6-7H,1-5H2. The van der Waals surface area contributed by atoms with Crippen molar-refractivity contribution in [1.29, 1.82) is 0 Å². The van der Waals surface area contributed by atoms with Crippen LogP contribution in [-0.2, 0) is 0 Å². The smallest absolute Gasteiger partial charge is 0.0431 e. The van der Waals surface area contributed by atoms with Gasteiger partial charge in [-0.05, 0) is 18.8 Å². The zero-order valence-corrected chi connectivity index (χ0v) is 4.56. The van der Waals surface area contributed by atoms with Crippen molar-refractivity contribution in [2.45, 2.75) is 25.7 Å². The van der Waals surface area contributed by atoms with E-state index in [4.69, 9.17) is 5.11 Å². The lowest BCUT2D eigenvalue weighted by Crippen LogP contribution is -1.82. The van der Waals surface area contributed by atoms with Crippen molar-refractivity contribution in [3.8, 4) is 0 Å². The van der Waals surface area contributed by atoms with Crippen LogP contribution in [-0.4, -0.2) is 11.7 Å². The van der Waals surface area contributed by atoms with Crippen LogP contribution in [0.4, 0.5) is 0 Å². The van der Waals surface area contributed by atoms with Gasteiger partial charge in [-0.3, -0.25) is 0 Å². The maximum atomic E-state index is 8.34. The Balaban J connectivity index is 1.80. The quantitative estimate of drug-likeness (QED) is 0.564. The Kier molecular flexibility index (Phi) is 1.69. The summed E-state index contributed by atoms with van der Waals surface area (Å²) in [6.07, 6.45) is 5.11. The van der Waals surface area contributed by atoms with E-state index in [1.165, 1.54) is 19.3 Å². The van der Waals surface area contributed by atoms with E-state index < -0.39 is 0 Å². The summed E-state index contributed by atoms with van der Waals surface area (Å²) in [5.74, 6) is 0.993. The van der Waals surface area contributed by atoms with Crippen LogP contribution in [0.2, 0.25) is 0 Å². The van der Waals surface area contributed by atoms with Crippen LogP contribution in [0.1, 0.15) is 25.7 Å². The Morgan fingerprint density at radius 2 is 2.14 bits per heavy atom. The molecule has 1 saturated carbocycles. The van der Waals surface area contributed by atoms with Crippen LogP contribution >= 0.6 is 0 Å². The summed E-state index contributed by atoms with van der Waals surface area (Å²) in [6.45, 7) is 0.385. The molecule has 0 radical (unpaired) electrons. The molecule has 0 bridgehead atoms. The molecule has 0 saturated heterocycles. The van der Waals surface area contributed by atoms with Gasteiger partial charge in [-0.15, -0.1) is 0 Å². The van der Waals surface area contributed by atoms with E-state index in [-0.39, 0.29) is 0 Å². The SMILES string of the molecule is OCCCC1CC1. The highest BCUT2D eigenvalue weighted by Gasteiger charge is 2.19. The average molecular weight is 100 g/mol. The van der Waals surface area contributed by atoms with E-state index in [2.05, 4.69) is 0 Å². The first kappa shape index (κ1) is 5.10. The fourth-order valence-corrected chi connectivity index (χ4v) is 0.786. The third kappa shape index (κ3) is 1.93. The third-order valence-electron chi connectivity index (χ3n) is 1.47. The van der Waals surface area contributed by atoms with Crippen LogP contribution in [0, 0.1) is 5.92 Å². The maximum absolute atomic E-state index is 8.34. The Hall–Kier alpha value is -0.0400. The number of aliphatic hydroxyl groups is 1. The minimum atomic E-state index is 0.385. The third-order valence-corrected chi connectivity index (χ3v) is 1.47. The molecule has 0 aliphatic heterocycles. The zero-order chi connectivity index (χ0) is 5.11. The molecule has 0 aromatic carbocycles. The van der Waals surface area contributed by atoms with Crippen molar-refractivity contribution in [2.24, 2.45) is 5.92 Å². The van der Waals surface area contributed by atoms with Gasteiger partial charge in [0.25, 0.3) is 0 Å². The highest BCUT2D eigenvalue weighted by atomic mass is 16.2. The number of hydrogen-bond acceptors (Lipinski definition) is 1. The van der Waals surface area contributed by atoms with Crippen molar-refractivity contribution in [3.05, 3.63) is 0 Å². The van der Waals surface area contributed by atoms with Gasteiger partial charge in [0.15, 0.2) is 0 Å². The van der Waals surface area contributed by atoms with Gasteiger partial charge in [0, 0.05) is 6.61 Å². The summed E-state index contributed by atoms with van der Waals surface area (Å²) >= 11 is 0. The molecule has 1 aliphatic carbocycles. The molecule has 1 rings (SSSR count). The van der Waals surface area contributed by atoms with Crippen LogP contribution in [0.25, 0.3) is 0 Å². The molecule has 0 aromatic rings. The molecular formula is C6H12O. The summed E-state index contributed by atoms with van der Waals surface area (Å²) in [6, 6.07) is 0. The lowest BCUT2D eigenvalue weighted by molar-refractivity contribution is 0.281. The minimum absolute atomic E-state index is 0.385. The maximum Gasteiger partial charge on any atom is 0.0431 e. The van der Waals surface area contributed by atoms with Crippen molar-refractivity contribution in [2.75, 3.05) is 6.61 Å². The molecule has 0 atom stereocenters. The van der Waals surface area contributed by atoms with Gasteiger partial charge in [0.2, 0.25) is 0 Å². The normalized spacial score (nSPS) is 20.1. The van der Waals surface area contributed by atoms with E-state index in [0.29, 0.717) is 6.61 Å². The molecule has 0 spiro atoms. The van der Waals surface area contributed by atoms with E-state index in [0.717, 1.165) is 12.3 Å². The fraction of sp³-hybridized carbons (Fsp3) is 1.00. The second-order valence-corrected chi connectivity index (χ2v) is 2.31. The lowest BCUT2D eigenvalue weighted by atomic mass is 10.2. The van der Waals surface area contributed by atoms with Gasteiger partial charge in [0.05, 0.1) is 0 Å². The van der Waals surface area contributed by atoms with E-state index in [1.807, 2.05) is 0 Å². The lowest BCUT2D eigenvalue weighted by Gasteiger charge is -1.88. The van der Waals surface area contributed by atoms with E-state index >= 15 is 0 Å². The van der Waals surface area contributed by atoms with Gasteiger partial charge in [-0.25, -0.2) is 0 Å². The van der Waals surface area contributed by atoms with Gasteiger partial charge in [-0.2, -0.15) is 0 Å². The Morgan fingerprint density at radius 1 is 1.43 bits per heavy atom. The molecule has 0 unspecified atom stereocenters. The van der Waals surface area contributed by atoms with Crippen LogP contribution in [0.5, 0.6) is 0 Å². The number of aliphatic hydroxyl groups excluding tert-OH is 1. The molecule has 7 heavy (non-hydrogen) atoms. The summed E-state index contributed by atoms with van der Waals surface area (Å²) in [5, 5.41) is 8.34. The van der Waals surface area contributed by atoms with E-state index in [9.17, 15) is 0 Å². The Morgan fingerprint density at radius 3 is 2.57 bits per heavy atom. The number of rotatable bonds is 3. The highest BCUT2D eigenvalue weighted by Crippen LogP contribution is 2.33. The second-order valence-electron chi connectivity index (χ2n) is 2.31. The highest BCUT2D eigenvalue weighted by molar-refractivity contribution is 4.72. The molecule has 1 nitrogen and oxygen atoms in total. The van der Waals surface area contributed by atoms with Crippen LogP contribution in [0.15, 0.2) is 0 Å². The van der Waals surface area contributed by atoms with Crippen LogP contribution < -0.4 is 0 Å². The van der Waals surface area contributed by atoms with Gasteiger partial charge >= 0.3 is 0 Å². The predicted octanol–water partition coefficient (Wildman–Crippen LogP) is 1.17. The van der Waals surface area contributed by atoms with Crippen LogP contribution in [0.3, 0.4) is 0 Å². The molecule has 1 N–H and O–H groups in total. The van der Waals surface area contributed by atoms with Crippen molar-refractivity contribution in [3.63, 3.8) is 0 Å². The molecule has 0 amide bonds. The molecule has 0 heterocycles. The largest absolute Gasteiger partial charge is 0.396 e. The van der Waals surface area contributed by atoms with Gasteiger partial charge in [-0.1, -0.05) is 12.8 Å². The second kappa shape index (κ2) is 2.31. The topological polar surface area (TPSA) is 20.2 Å². The minimum Gasteiger partial charge on any atom is -0.396 e. The summed E-state index contributed by atoms with van der Waals surface area (Å²) in [5.41, 5.74) is 0. The van der Waals surface area contributed by atoms with Crippen molar-refractivity contribution < 1.29 is 5.11 Å². The first-order valence-corrected chi connectivity index (χ1v) is 3.04. The zero-order valence-electron chi connectivity index (χ0n) is 4.56. The van der Waals surface area contributed by atoms with E-state index in [1.54, 1.807) is 0 Å². The monoisotopic (exact) mass is 100 g/mol. The molecule has 1 heteroatoms. The molecule has 42 valence electrons. The molecular weight excluding hydrogens is 88.1 g/mol. The van der Waals surface area contributed by atoms with Crippen molar-refractivity contribution >= 4 is 0 Å². The first-order valence-electron chi connectivity index (χ1n) is 3.04. The Labute approximate surface area is 44.4 Å². The summed E-state index contributed by atoms with van der Waals surface area (Å²) < 4.78 is 0. The predicted molar refractivity (Wildman–Crippen MR) is 29.0 cm³/mol. The number of hydrogen-bond donors (Lipinski definition) is 1. The molecule has 1 fully saturated rings. The average Bonchev–Trinajstić information content (AvgIpc) is 2.42. The van der Waals surface area contributed by atoms with Gasteiger partial charge in [0.1, 0.15) is 0 Å². The van der Waals surface area contributed by atoms with Crippen molar-refractivity contribution in [1.82, 2.24) is 0 Å². The fourth-order valence-electron chi connectivity index (χ4n) is 0.786. The summed E-state index contributed by atoms with van der Waals surface area (Å²) in [7, 11) is 0. The van der Waals surface area contributed by atoms with Gasteiger partial charge < -0.3 is 5.11 Å². The Bertz CT molecular complexity index is 48.1. The molecule has 0 aromatic heterocycles. The molecule has 1 aliphatic rings. The first-order chi connectivity index (χ1) is 3.43.